The lowest BCUT2D eigenvalue weighted by atomic mass is 9.83. The number of carbonyl (C=O) groups is 1. The lowest BCUT2D eigenvalue weighted by Crippen LogP contribution is -2.51. The predicted molar refractivity (Wildman–Crippen MR) is 112 cm³/mol. The number of carbonyl (C=O) groups excluding carboxylic acids is 1. The van der Waals surface area contributed by atoms with Gasteiger partial charge in [0.05, 0.1) is 16.6 Å². The van der Waals surface area contributed by atoms with E-state index in [2.05, 4.69) is 29.2 Å². The minimum absolute atomic E-state index is 0.0123. The number of rotatable bonds is 4. The summed E-state index contributed by atoms with van der Waals surface area (Å²) in [5.74, 6) is 0.841. The molecule has 0 saturated carbocycles. The highest BCUT2D eigenvalue weighted by molar-refractivity contribution is 6.06. The molecule has 1 N–H and O–H groups in total. The number of hydrogen-bond donors (Lipinski definition) is 1. The molecule has 2 aromatic heterocycles. The van der Waals surface area contributed by atoms with Gasteiger partial charge in [-0.05, 0) is 63.6 Å². The summed E-state index contributed by atoms with van der Waals surface area (Å²) in [7, 11) is 1.90. The molecule has 2 aromatic rings. The standard InChI is InChI=1S/C22H33N5O/c1-14(2)18-12-17(20-15(3)25-26(4)21(20)24-18)22(28)23-13-16-8-7-11-27-10-6-5-9-19(16)27/h12,14,16,19H,5-11,13H2,1-4H3,(H,23,28). The summed E-state index contributed by atoms with van der Waals surface area (Å²) in [5, 5.41) is 8.65. The van der Waals surface area contributed by atoms with Crippen molar-refractivity contribution in [3.63, 3.8) is 0 Å². The number of amides is 1. The zero-order chi connectivity index (χ0) is 19.8. The average Bonchev–Trinajstić information content (AvgIpc) is 2.99. The Morgan fingerprint density at radius 2 is 2.04 bits per heavy atom. The molecule has 0 aliphatic carbocycles. The number of aryl methyl sites for hydroxylation is 2. The molecule has 2 aliphatic heterocycles. The van der Waals surface area contributed by atoms with Crippen LogP contribution >= 0.6 is 0 Å². The van der Waals surface area contributed by atoms with Crippen LogP contribution in [0.25, 0.3) is 11.0 Å². The van der Waals surface area contributed by atoms with Gasteiger partial charge in [0.1, 0.15) is 0 Å². The summed E-state index contributed by atoms with van der Waals surface area (Å²) in [6.45, 7) is 9.40. The quantitative estimate of drug-likeness (QED) is 0.879. The Bertz CT molecular complexity index is 869. The number of aromatic nitrogens is 3. The molecule has 2 unspecified atom stereocenters. The first-order valence-corrected chi connectivity index (χ1v) is 10.8. The van der Waals surface area contributed by atoms with Gasteiger partial charge in [0.25, 0.3) is 5.91 Å². The molecule has 1 amide bonds. The normalized spacial score (nSPS) is 23.2. The molecule has 4 heterocycles. The highest BCUT2D eigenvalue weighted by atomic mass is 16.1. The van der Waals surface area contributed by atoms with Gasteiger partial charge in [-0.3, -0.25) is 9.48 Å². The lowest BCUT2D eigenvalue weighted by molar-refractivity contribution is 0.0576. The van der Waals surface area contributed by atoms with Gasteiger partial charge < -0.3 is 10.2 Å². The van der Waals surface area contributed by atoms with E-state index in [0.29, 0.717) is 12.0 Å². The summed E-state index contributed by atoms with van der Waals surface area (Å²) in [4.78, 5) is 20.6. The maximum absolute atomic E-state index is 13.2. The molecule has 152 valence electrons. The third kappa shape index (κ3) is 3.54. The molecule has 6 nitrogen and oxygen atoms in total. The fourth-order valence-electron chi connectivity index (χ4n) is 5.07. The summed E-state index contributed by atoms with van der Waals surface area (Å²) in [5.41, 5.74) is 3.32. The van der Waals surface area contributed by atoms with Crippen LogP contribution in [-0.4, -0.2) is 51.2 Å². The largest absolute Gasteiger partial charge is 0.352 e. The molecule has 4 rings (SSSR count). The van der Waals surface area contributed by atoms with Gasteiger partial charge in [-0.15, -0.1) is 0 Å². The van der Waals surface area contributed by atoms with Crippen LogP contribution in [0.3, 0.4) is 0 Å². The third-order valence-corrected chi connectivity index (χ3v) is 6.58. The van der Waals surface area contributed by atoms with Crippen molar-refractivity contribution in [2.24, 2.45) is 13.0 Å². The Morgan fingerprint density at radius 3 is 2.82 bits per heavy atom. The number of fused-ring (bicyclic) bond motifs is 2. The van der Waals surface area contributed by atoms with Crippen LogP contribution < -0.4 is 5.32 Å². The Labute approximate surface area is 167 Å². The van der Waals surface area contributed by atoms with E-state index < -0.39 is 0 Å². The van der Waals surface area contributed by atoms with Crippen LogP contribution in [0.1, 0.15) is 73.6 Å². The molecule has 0 bridgehead atoms. The molecule has 6 heteroatoms. The maximum atomic E-state index is 13.2. The van der Waals surface area contributed by atoms with Crippen LogP contribution in [-0.2, 0) is 7.05 Å². The first-order chi connectivity index (χ1) is 13.5. The molecule has 2 fully saturated rings. The molecular formula is C22H33N5O. The minimum atomic E-state index is 0.0123. The van der Waals surface area contributed by atoms with Crippen molar-refractivity contribution in [3.05, 3.63) is 23.0 Å². The number of hydrogen-bond acceptors (Lipinski definition) is 4. The second kappa shape index (κ2) is 7.82. The third-order valence-electron chi connectivity index (χ3n) is 6.58. The Hall–Kier alpha value is -1.95. The SMILES string of the molecule is Cc1nn(C)c2nc(C(C)C)cc(C(=O)NCC3CCCN4CCCCC34)c12. The monoisotopic (exact) mass is 383 g/mol. The molecule has 0 radical (unpaired) electrons. The maximum Gasteiger partial charge on any atom is 0.252 e. The van der Waals surface area contributed by atoms with E-state index in [1.807, 2.05) is 20.0 Å². The number of nitrogens with one attached hydrogen (secondary N) is 1. The smallest absolute Gasteiger partial charge is 0.252 e. The fourth-order valence-corrected chi connectivity index (χ4v) is 5.07. The molecule has 2 atom stereocenters. The van der Waals surface area contributed by atoms with Gasteiger partial charge in [-0.2, -0.15) is 5.10 Å². The van der Waals surface area contributed by atoms with E-state index in [9.17, 15) is 4.79 Å². The molecule has 28 heavy (non-hydrogen) atoms. The van der Waals surface area contributed by atoms with Gasteiger partial charge in [0, 0.05) is 25.3 Å². The molecule has 0 aromatic carbocycles. The molecule has 2 saturated heterocycles. The van der Waals surface area contributed by atoms with Crippen molar-refractivity contribution in [1.82, 2.24) is 25.0 Å². The lowest BCUT2D eigenvalue weighted by Gasteiger charge is -2.44. The topological polar surface area (TPSA) is 63.1 Å². The molecule has 2 aliphatic rings. The van der Waals surface area contributed by atoms with E-state index in [0.717, 1.165) is 34.5 Å². The van der Waals surface area contributed by atoms with Gasteiger partial charge in [0.2, 0.25) is 0 Å². The van der Waals surface area contributed by atoms with Gasteiger partial charge >= 0.3 is 0 Å². The Kier molecular flexibility index (Phi) is 5.41. The van der Waals surface area contributed by atoms with Gasteiger partial charge in [0.15, 0.2) is 5.65 Å². The van der Waals surface area contributed by atoms with Crippen LogP contribution in [0.15, 0.2) is 6.07 Å². The van der Waals surface area contributed by atoms with Gasteiger partial charge in [-0.1, -0.05) is 20.3 Å². The van der Waals surface area contributed by atoms with E-state index in [1.165, 1.54) is 45.2 Å². The Morgan fingerprint density at radius 1 is 1.25 bits per heavy atom. The second-order valence-corrected chi connectivity index (χ2v) is 8.87. The first-order valence-electron chi connectivity index (χ1n) is 10.8. The zero-order valence-corrected chi connectivity index (χ0v) is 17.7. The van der Waals surface area contributed by atoms with E-state index in [4.69, 9.17) is 4.98 Å². The fraction of sp³-hybridized carbons (Fsp3) is 0.682. The van der Waals surface area contributed by atoms with Gasteiger partial charge in [-0.25, -0.2) is 4.98 Å². The van der Waals surface area contributed by atoms with E-state index in [1.54, 1.807) is 4.68 Å². The number of pyridine rings is 1. The second-order valence-electron chi connectivity index (χ2n) is 8.87. The van der Waals surface area contributed by atoms with Crippen LogP contribution in [0.2, 0.25) is 0 Å². The molecule has 0 spiro atoms. The van der Waals surface area contributed by atoms with Crippen LogP contribution in [0.5, 0.6) is 0 Å². The summed E-state index contributed by atoms with van der Waals surface area (Å²) in [6.07, 6.45) is 6.39. The predicted octanol–water partition coefficient (Wildman–Crippen LogP) is 3.39. The summed E-state index contributed by atoms with van der Waals surface area (Å²) in [6, 6.07) is 2.61. The van der Waals surface area contributed by atoms with Crippen molar-refractivity contribution < 1.29 is 4.79 Å². The number of piperidine rings is 2. The van der Waals surface area contributed by atoms with Crippen molar-refractivity contribution in [1.29, 1.82) is 0 Å². The van der Waals surface area contributed by atoms with Crippen molar-refractivity contribution in [3.8, 4) is 0 Å². The van der Waals surface area contributed by atoms with E-state index >= 15 is 0 Å². The molecular weight excluding hydrogens is 350 g/mol. The van der Waals surface area contributed by atoms with Crippen molar-refractivity contribution in [2.75, 3.05) is 19.6 Å². The van der Waals surface area contributed by atoms with E-state index in [-0.39, 0.29) is 11.8 Å². The highest BCUT2D eigenvalue weighted by Crippen LogP contribution is 2.31. The van der Waals surface area contributed by atoms with Crippen LogP contribution in [0, 0.1) is 12.8 Å². The minimum Gasteiger partial charge on any atom is -0.352 e. The van der Waals surface area contributed by atoms with Crippen molar-refractivity contribution in [2.45, 2.75) is 64.8 Å². The average molecular weight is 384 g/mol. The highest BCUT2D eigenvalue weighted by Gasteiger charge is 2.33. The zero-order valence-electron chi connectivity index (χ0n) is 17.7. The summed E-state index contributed by atoms with van der Waals surface area (Å²) >= 11 is 0. The van der Waals surface area contributed by atoms with Crippen molar-refractivity contribution >= 4 is 16.9 Å². The Balaban J connectivity index is 1.57. The van der Waals surface area contributed by atoms with Crippen LogP contribution in [0.4, 0.5) is 0 Å². The number of nitrogens with zero attached hydrogens (tertiary/aromatic N) is 4. The summed E-state index contributed by atoms with van der Waals surface area (Å²) < 4.78 is 1.79. The first kappa shape index (κ1) is 19.4.